The van der Waals surface area contributed by atoms with E-state index in [2.05, 4.69) is 0 Å². The summed E-state index contributed by atoms with van der Waals surface area (Å²) in [6.45, 7) is 1.43. The van der Waals surface area contributed by atoms with Gasteiger partial charge in [-0.1, -0.05) is 17.7 Å². The lowest BCUT2D eigenvalue weighted by molar-refractivity contribution is 0.0878. The molecule has 0 saturated heterocycles. The van der Waals surface area contributed by atoms with Crippen LogP contribution in [0.15, 0.2) is 34.7 Å². The molecule has 0 aromatic heterocycles. The molecule has 0 spiro atoms. The van der Waals surface area contributed by atoms with E-state index in [1.54, 1.807) is 13.0 Å². The molecule has 1 aliphatic rings. The van der Waals surface area contributed by atoms with Gasteiger partial charge in [-0.3, -0.25) is 4.79 Å². The van der Waals surface area contributed by atoms with E-state index in [9.17, 15) is 13.2 Å². The van der Waals surface area contributed by atoms with Crippen LogP contribution in [0.5, 0.6) is 0 Å². The van der Waals surface area contributed by atoms with Gasteiger partial charge in [0.05, 0.1) is 23.2 Å². The molecule has 1 aromatic rings. The van der Waals surface area contributed by atoms with Crippen LogP contribution in [0.4, 0.5) is 0 Å². The maximum atomic E-state index is 12.2. The summed E-state index contributed by atoms with van der Waals surface area (Å²) in [4.78, 5) is 12.0. The number of hydrogen-bond acceptors (Lipinski definition) is 4. The number of sulfonamides is 1. The minimum atomic E-state index is -3.88. The van der Waals surface area contributed by atoms with E-state index in [-0.39, 0.29) is 22.0 Å². The molecule has 0 fully saturated rings. The molecular formula is C12H9ClN2O3S. The van der Waals surface area contributed by atoms with Crippen LogP contribution in [0.1, 0.15) is 17.3 Å². The number of nitrogens with zero attached hydrogens (tertiary/aromatic N) is 2. The monoisotopic (exact) mass is 296 g/mol. The number of hydrogen-bond donors (Lipinski definition) is 0. The second kappa shape index (κ2) is 4.68. The Kier molecular flexibility index (Phi) is 3.35. The first-order valence-electron chi connectivity index (χ1n) is 5.30. The van der Waals surface area contributed by atoms with Gasteiger partial charge in [0, 0.05) is 6.08 Å². The summed E-state index contributed by atoms with van der Waals surface area (Å²) in [5.74, 6) is -0.661. The first kappa shape index (κ1) is 13.6. The number of amides is 1. The molecule has 7 heteroatoms. The average Bonchev–Trinajstić information content (AvgIpc) is 2.52. The van der Waals surface area contributed by atoms with Gasteiger partial charge in [-0.15, -0.1) is 0 Å². The number of carbonyl (C=O) groups excluding carboxylic acids is 1. The molecule has 0 aliphatic carbocycles. The van der Waals surface area contributed by atoms with E-state index in [1.165, 1.54) is 24.3 Å². The summed E-state index contributed by atoms with van der Waals surface area (Å²) >= 11 is 5.88. The van der Waals surface area contributed by atoms with Gasteiger partial charge >= 0.3 is 0 Å². The lowest BCUT2D eigenvalue weighted by atomic mass is 10.2. The molecule has 0 unspecified atom stereocenters. The molecule has 0 radical (unpaired) electrons. The van der Waals surface area contributed by atoms with Crippen molar-refractivity contribution in [1.29, 1.82) is 5.26 Å². The van der Waals surface area contributed by atoms with Crippen molar-refractivity contribution in [2.45, 2.75) is 11.8 Å². The molecule has 1 aromatic carbocycles. The van der Waals surface area contributed by atoms with Crippen LogP contribution in [0.25, 0.3) is 0 Å². The number of nitriles is 1. The Morgan fingerprint density at radius 3 is 2.79 bits per heavy atom. The van der Waals surface area contributed by atoms with E-state index in [1.807, 2.05) is 0 Å². The van der Waals surface area contributed by atoms with Crippen molar-refractivity contribution in [3.8, 4) is 6.07 Å². The fourth-order valence-electron chi connectivity index (χ4n) is 1.82. The van der Waals surface area contributed by atoms with Crippen molar-refractivity contribution in [2.75, 3.05) is 6.54 Å². The molecule has 98 valence electrons. The normalized spacial score (nSPS) is 17.2. The van der Waals surface area contributed by atoms with Gasteiger partial charge < -0.3 is 0 Å². The minimum absolute atomic E-state index is 0.00563. The third-order valence-corrected chi connectivity index (χ3v) is 4.77. The first-order chi connectivity index (χ1) is 8.89. The molecule has 1 amide bonds. The SMILES string of the molecule is C/C(=C\C#N)CN1C(=O)c2c(Cl)cccc2S1(=O)=O. The zero-order chi connectivity index (χ0) is 14.2. The summed E-state index contributed by atoms with van der Waals surface area (Å²) in [7, 11) is -3.88. The van der Waals surface area contributed by atoms with Crippen LogP contribution in [0.2, 0.25) is 5.02 Å². The van der Waals surface area contributed by atoms with E-state index in [0.29, 0.717) is 5.57 Å². The maximum Gasteiger partial charge on any atom is 0.270 e. The molecular weight excluding hydrogens is 288 g/mol. The predicted octanol–water partition coefficient (Wildman–Crippen LogP) is 1.95. The molecule has 1 aliphatic heterocycles. The quantitative estimate of drug-likeness (QED) is 0.782. The number of rotatable bonds is 2. The summed E-state index contributed by atoms with van der Waals surface area (Å²) in [5.41, 5.74) is 0.470. The highest BCUT2D eigenvalue weighted by Gasteiger charge is 2.42. The van der Waals surface area contributed by atoms with Gasteiger partial charge in [-0.25, -0.2) is 12.7 Å². The number of halogens is 1. The highest BCUT2D eigenvalue weighted by molar-refractivity contribution is 7.90. The molecule has 0 atom stereocenters. The molecule has 1 heterocycles. The summed E-state index contributed by atoms with van der Waals surface area (Å²) in [6, 6.07) is 6.09. The summed E-state index contributed by atoms with van der Waals surface area (Å²) < 4.78 is 25.2. The molecule has 19 heavy (non-hydrogen) atoms. The highest BCUT2D eigenvalue weighted by atomic mass is 35.5. The number of benzene rings is 1. The van der Waals surface area contributed by atoms with E-state index >= 15 is 0 Å². The molecule has 0 bridgehead atoms. The molecule has 0 N–H and O–H groups in total. The lowest BCUT2D eigenvalue weighted by Crippen LogP contribution is -2.31. The van der Waals surface area contributed by atoms with Gasteiger partial charge in [-0.2, -0.15) is 5.26 Å². The smallest absolute Gasteiger partial charge is 0.268 e. The average molecular weight is 297 g/mol. The topological polar surface area (TPSA) is 78.2 Å². The third kappa shape index (κ3) is 2.11. The van der Waals surface area contributed by atoms with Crippen LogP contribution in [-0.2, 0) is 10.0 Å². The molecule has 5 nitrogen and oxygen atoms in total. The van der Waals surface area contributed by atoms with Gasteiger partial charge in [0.1, 0.15) is 4.90 Å². The van der Waals surface area contributed by atoms with Crippen LogP contribution in [0, 0.1) is 11.3 Å². The summed E-state index contributed by atoms with van der Waals surface area (Å²) in [6.07, 6.45) is 1.20. The molecule has 0 saturated carbocycles. The first-order valence-corrected chi connectivity index (χ1v) is 7.12. The van der Waals surface area contributed by atoms with Crippen molar-refractivity contribution in [1.82, 2.24) is 4.31 Å². The number of fused-ring (bicyclic) bond motifs is 1. The minimum Gasteiger partial charge on any atom is -0.268 e. The van der Waals surface area contributed by atoms with E-state index in [0.717, 1.165) is 4.31 Å². The second-order valence-electron chi connectivity index (χ2n) is 4.05. The van der Waals surface area contributed by atoms with Crippen molar-refractivity contribution in [2.24, 2.45) is 0 Å². The Bertz CT molecular complexity index is 732. The molecule has 2 rings (SSSR count). The van der Waals surface area contributed by atoms with Crippen molar-refractivity contribution >= 4 is 27.5 Å². The predicted molar refractivity (Wildman–Crippen MR) is 69.0 cm³/mol. The Morgan fingerprint density at radius 1 is 1.53 bits per heavy atom. The van der Waals surface area contributed by atoms with Crippen LogP contribution < -0.4 is 0 Å². The summed E-state index contributed by atoms with van der Waals surface area (Å²) in [5, 5.41) is 8.63. The number of carbonyl (C=O) groups is 1. The zero-order valence-corrected chi connectivity index (χ0v) is 11.5. The maximum absolute atomic E-state index is 12.2. The lowest BCUT2D eigenvalue weighted by Gasteiger charge is -2.14. The second-order valence-corrected chi connectivity index (χ2v) is 6.29. The van der Waals surface area contributed by atoms with E-state index < -0.39 is 15.9 Å². The third-order valence-electron chi connectivity index (χ3n) is 2.69. The van der Waals surface area contributed by atoms with Gasteiger partial charge in [-0.05, 0) is 24.6 Å². The Morgan fingerprint density at radius 2 is 2.21 bits per heavy atom. The van der Waals surface area contributed by atoms with Crippen LogP contribution >= 0.6 is 11.6 Å². The van der Waals surface area contributed by atoms with Gasteiger partial charge in [0.25, 0.3) is 15.9 Å². The Hall–Kier alpha value is -1.84. The van der Waals surface area contributed by atoms with Gasteiger partial charge in [0.2, 0.25) is 0 Å². The fourth-order valence-corrected chi connectivity index (χ4v) is 3.76. The Balaban J connectivity index is 2.54. The highest BCUT2D eigenvalue weighted by Crippen LogP contribution is 2.34. The van der Waals surface area contributed by atoms with Crippen LogP contribution in [0.3, 0.4) is 0 Å². The van der Waals surface area contributed by atoms with Crippen LogP contribution in [-0.4, -0.2) is 25.2 Å². The standard InChI is InChI=1S/C12H9ClN2O3S/c1-8(5-6-14)7-15-12(16)11-9(13)3-2-4-10(11)19(15,17)18/h2-5H,7H2,1H3/b8-5+. The largest absolute Gasteiger partial charge is 0.270 e. The van der Waals surface area contributed by atoms with Crippen molar-refractivity contribution < 1.29 is 13.2 Å². The Labute approximate surface area is 115 Å². The van der Waals surface area contributed by atoms with Crippen molar-refractivity contribution in [3.05, 3.63) is 40.4 Å². The van der Waals surface area contributed by atoms with Gasteiger partial charge in [0.15, 0.2) is 0 Å². The fraction of sp³-hybridized carbons (Fsp3) is 0.167. The van der Waals surface area contributed by atoms with E-state index in [4.69, 9.17) is 16.9 Å². The van der Waals surface area contributed by atoms with Crippen molar-refractivity contribution in [3.63, 3.8) is 0 Å². The zero-order valence-electron chi connectivity index (χ0n) is 9.92. The number of allylic oxidation sites excluding steroid dienone is 1.